The Labute approximate surface area is 205 Å². The molecule has 5 aromatic rings. The lowest BCUT2D eigenvalue weighted by Gasteiger charge is -2.26. The van der Waals surface area contributed by atoms with Crippen molar-refractivity contribution < 1.29 is 9.47 Å². The molecule has 9 heteroatoms. The van der Waals surface area contributed by atoms with Crippen LogP contribution in [0.4, 0.5) is 11.6 Å². The van der Waals surface area contributed by atoms with E-state index in [1.165, 1.54) is 23.0 Å². The molecule has 0 spiro atoms. The molecule has 6 rings (SSSR count). The number of hydrogen-bond donors (Lipinski definition) is 2. The molecule has 4 heterocycles. The minimum Gasteiger partial charge on any atom is -0.437 e. The first kappa shape index (κ1) is 21.7. The lowest BCUT2D eigenvalue weighted by atomic mass is 10.2. The molecular weight excluding hydrogens is 462 g/mol. The largest absolute Gasteiger partial charge is 0.437 e. The van der Waals surface area contributed by atoms with Crippen LogP contribution in [-0.2, 0) is 11.3 Å². The molecule has 0 aliphatic carbocycles. The number of benzene rings is 2. The van der Waals surface area contributed by atoms with Gasteiger partial charge in [0.05, 0.1) is 24.2 Å². The summed E-state index contributed by atoms with van der Waals surface area (Å²) in [5.41, 5.74) is 3.52. The van der Waals surface area contributed by atoms with E-state index in [1.54, 1.807) is 12.1 Å². The first-order valence-corrected chi connectivity index (χ1v) is 12.3. The number of hydrogen-bond acceptors (Lipinski definition) is 8. The second-order valence-electron chi connectivity index (χ2n) is 8.37. The van der Waals surface area contributed by atoms with Crippen LogP contribution < -0.4 is 15.6 Å². The van der Waals surface area contributed by atoms with E-state index in [0.717, 1.165) is 54.1 Å². The van der Waals surface area contributed by atoms with E-state index in [9.17, 15) is 4.79 Å². The highest BCUT2D eigenvalue weighted by Gasteiger charge is 2.13. The van der Waals surface area contributed by atoms with E-state index in [-0.39, 0.29) is 5.56 Å². The summed E-state index contributed by atoms with van der Waals surface area (Å²) in [6.07, 6.45) is 0. The van der Waals surface area contributed by atoms with Crippen LogP contribution in [0.1, 0.15) is 5.56 Å². The third kappa shape index (κ3) is 4.88. The Morgan fingerprint density at radius 2 is 1.86 bits per heavy atom. The molecule has 1 aliphatic rings. The highest BCUT2D eigenvalue weighted by Crippen LogP contribution is 2.33. The molecule has 3 aromatic heterocycles. The van der Waals surface area contributed by atoms with Crippen molar-refractivity contribution in [1.29, 1.82) is 0 Å². The number of ether oxygens (including phenoxy) is 2. The van der Waals surface area contributed by atoms with Gasteiger partial charge in [-0.05, 0) is 52.7 Å². The van der Waals surface area contributed by atoms with Crippen molar-refractivity contribution in [3.8, 4) is 11.6 Å². The Hall–Kier alpha value is -3.79. The number of aromatic amines is 1. The van der Waals surface area contributed by atoms with Crippen LogP contribution in [0, 0.1) is 0 Å². The molecule has 0 unspecified atom stereocenters. The Morgan fingerprint density at radius 1 is 1.03 bits per heavy atom. The Bertz CT molecular complexity index is 1540. The van der Waals surface area contributed by atoms with E-state index in [2.05, 4.69) is 37.3 Å². The number of nitrogens with one attached hydrogen (secondary N) is 2. The second-order valence-corrected chi connectivity index (χ2v) is 9.29. The summed E-state index contributed by atoms with van der Waals surface area (Å²) in [6.45, 7) is 4.43. The van der Waals surface area contributed by atoms with E-state index in [1.807, 2.05) is 35.7 Å². The van der Waals surface area contributed by atoms with Gasteiger partial charge in [0.15, 0.2) is 0 Å². The smallest absolute Gasteiger partial charge is 0.248 e. The van der Waals surface area contributed by atoms with Crippen LogP contribution >= 0.6 is 11.3 Å². The first-order valence-electron chi connectivity index (χ1n) is 11.4. The predicted octanol–water partition coefficient (Wildman–Crippen LogP) is 4.90. The average molecular weight is 486 g/mol. The number of rotatable bonds is 6. The fourth-order valence-corrected chi connectivity index (χ4v) is 4.86. The van der Waals surface area contributed by atoms with Crippen molar-refractivity contribution in [3.05, 3.63) is 82.0 Å². The molecule has 1 aliphatic heterocycles. The topological polar surface area (TPSA) is 92.4 Å². The zero-order valence-electron chi connectivity index (χ0n) is 18.9. The third-order valence-corrected chi connectivity index (χ3v) is 6.80. The van der Waals surface area contributed by atoms with Gasteiger partial charge < -0.3 is 19.8 Å². The number of thiophene rings is 1. The van der Waals surface area contributed by atoms with Crippen LogP contribution in [0.2, 0.25) is 0 Å². The zero-order chi connectivity index (χ0) is 23.6. The van der Waals surface area contributed by atoms with E-state index in [0.29, 0.717) is 23.1 Å². The Balaban J connectivity index is 1.23. The van der Waals surface area contributed by atoms with Crippen LogP contribution in [0.25, 0.3) is 21.1 Å². The number of morpholine rings is 1. The lowest BCUT2D eigenvalue weighted by Crippen LogP contribution is -2.35. The highest BCUT2D eigenvalue weighted by atomic mass is 32.1. The highest BCUT2D eigenvalue weighted by molar-refractivity contribution is 7.17. The SMILES string of the molecule is O=c1ccc2ccc(Oc3nc(Nc4ccc(CN5CCOCC5)cc4)nc4ccsc34)cc2[nH]1. The molecule has 0 atom stereocenters. The van der Waals surface area contributed by atoms with Crippen molar-refractivity contribution in [2.24, 2.45) is 0 Å². The Kier molecular flexibility index (Phi) is 5.87. The maximum Gasteiger partial charge on any atom is 0.248 e. The summed E-state index contributed by atoms with van der Waals surface area (Å²) >= 11 is 1.52. The standard InChI is InChI=1S/C26H23N5O3S/c32-23-8-4-18-3-7-20(15-22(18)28-23)34-25-24-21(9-14-35-24)29-26(30-25)27-19-5-1-17(2-6-19)16-31-10-12-33-13-11-31/h1-9,14-15H,10-13,16H2,(H,28,32)(H,27,29,30). The number of pyridine rings is 1. The van der Waals surface area contributed by atoms with Crippen LogP contribution in [0.3, 0.4) is 0 Å². The average Bonchev–Trinajstić information content (AvgIpc) is 3.35. The summed E-state index contributed by atoms with van der Waals surface area (Å²) < 4.78 is 12.4. The van der Waals surface area contributed by atoms with Gasteiger partial charge in [0.1, 0.15) is 10.4 Å². The summed E-state index contributed by atoms with van der Waals surface area (Å²) in [6, 6.07) is 19.1. The van der Waals surface area contributed by atoms with E-state index < -0.39 is 0 Å². The van der Waals surface area contributed by atoms with Crippen molar-refractivity contribution >= 4 is 44.1 Å². The molecule has 1 fully saturated rings. The maximum absolute atomic E-state index is 11.7. The summed E-state index contributed by atoms with van der Waals surface area (Å²) in [4.78, 5) is 26.2. The van der Waals surface area contributed by atoms with Crippen molar-refractivity contribution in [2.75, 3.05) is 31.6 Å². The molecule has 8 nitrogen and oxygen atoms in total. The molecule has 2 N–H and O–H groups in total. The van der Waals surface area contributed by atoms with Crippen molar-refractivity contribution in [2.45, 2.75) is 6.54 Å². The molecule has 176 valence electrons. The van der Waals surface area contributed by atoms with Gasteiger partial charge in [-0.25, -0.2) is 4.98 Å². The van der Waals surface area contributed by atoms with E-state index >= 15 is 0 Å². The minimum absolute atomic E-state index is 0.153. The fourth-order valence-electron chi connectivity index (χ4n) is 4.11. The molecule has 2 aromatic carbocycles. The number of anilines is 2. The molecule has 0 amide bonds. The van der Waals surface area contributed by atoms with Gasteiger partial charge in [-0.2, -0.15) is 4.98 Å². The zero-order valence-corrected chi connectivity index (χ0v) is 19.7. The predicted molar refractivity (Wildman–Crippen MR) is 138 cm³/mol. The monoisotopic (exact) mass is 485 g/mol. The molecule has 0 radical (unpaired) electrons. The fraction of sp³-hybridized carbons (Fsp3) is 0.192. The Morgan fingerprint density at radius 3 is 2.71 bits per heavy atom. The maximum atomic E-state index is 11.7. The molecule has 0 saturated carbocycles. The van der Waals surface area contributed by atoms with Gasteiger partial charge >= 0.3 is 0 Å². The van der Waals surface area contributed by atoms with Gasteiger partial charge in [-0.15, -0.1) is 11.3 Å². The van der Waals surface area contributed by atoms with Gasteiger partial charge in [-0.3, -0.25) is 9.69 Å². The van der Waals surface area contributed by atoms with Gasteiger partial charge in [-0.1, -0.05) is 12.1 Å². The van der Waals surface area contributed by atoms with Crippen LogP contribution in [-0.4, -0.2) is 46.2 Å². The van der Waals surface area contributed by atoms with Gasteiger partial charge in [0.2, 0.25) is 17.4 Å². The summed E-state index contributed by atoms with van der Waals surface area (Å²) in [5, 5.41) is 6.20. The summed E-state index contributed by atoms with van der Waals surface area (Å²) in [5.74, 6) is 1.52. The van der Waals surface area contributed by atoms with Crippen molar-refractivity contribution in [1.82, 2.24) is 19.9 Å². The normalized spacial score (nSPS) is 14.4. The first-order chi connectivity index (χ1) is 17.2. The number of fused-ring (bicyclic) bond motifs is 2. The number of H-pyrrole nitrogens is 1. The molecule has 0 bridgehead atoms. The quantitative estimate of drug-likeness (QED) is 0.353. The molecule has 35 heavy (non-hydrogen) atoms. The van der Waals surface area contributed by atoms with Crippen molar-refractivity contribution in [3.63, 3.8) is 0 Å². The van der Waals surface area contributed by atoms with Gasteiger partial charge in [0, 0.05) is 37.5 Å². The third-order valence-electron chi connectivity index (χ3n) is 5.90. The minimum atomic E-state index is -0.153. The van der Waals surface area contributed by atoms with Gasteiger partial charge in [0.25, 0.3) is 0 Å². The number of aromatic nitrogens is 3. The van der Waals surface area contributed by atoms with Crippen LogP contribution in [0.15, 0.2) is 70.8 Å². The molecule has 1 saturated heterocycles. The van der Waals surface area contributed by atoms with E-state index in [4.69, 9.17) is 9.47 Å². The summed E-state index contributed by atoms with van der Waals surface area (Å²) in [7, 11) is 0. The molecular formula is C26H23N5O3S. The van der Waals surface area contributed by atoms with Crippen LogP contribution in [0.5, 0.6) is 11.6 Å². The lowest BCUT2D eigenvalue weighted by molar-refractivity contribution is 0.0342. The number of nitrogens with zero attached hydrogens (tertiary/aromatic N) is 3. The second kappa shape index (κ2) is 9.46.